The minimum Gasteiger partial charge on any atom is -0.368 e. The minimum atomic E-state index is -0.298. The lowest BCUT2D eigenvalue weighted by Gasteiger charge is -2.12. The van der Waals surface area contributed by atoms with Crippen molar-refractivity contribution in [1.82, 2.24) is 20.1 Å². The molecule has 1 unspecified atom stereocenters. The summed E-state index contributed by atoms with van der Waals surface area (Å²) in [5, 5.41) is 9.55. The van der Waals surface area contributed by atoms with Gasteiger partial charge in [-0.1, -0.05) is 12.1 Å². The van der Waals surface area contributed by atoms with E-state index < -0.39 is 0 Å². The van der Waals surface area contributed by atoms with E-state index in [0.29, 0.717) is 19.7 Å². The number of rotatable bonds is 6. The fourth-order valence-electron chi connectivity index (χ4n) is 3.12. The van der Waals surface area contributed by atoms with Crippen molar-refractivity contribution in [2.75, 3.05) is 13.2 Å². The molecular formula is C19H20N4O2S. The van der Waals surface area contributed by atoms with Crippen LogP contribution < -0.4 is 5.32 Å². The van der Waals surface area contributed by atoms with Gasteiger partial charge in [0.2, 0.25) is 5.91 Å². The molecular weight excluding hydrogens is 348 g/mol. The normalized spacial score (nSPS) is 16.7. The molecule has 1 amide bonds. The quantitative estimate of drug-likeness (QED) is 0.726. The molecule has 7 heteroatoms. The molecule has 4 heterocycles. The van der Waals surface area contributed by atoms with Crippen LogP contribution in [0.4, 0.5) is 0 Å². The fraction of sp³-hybridized carbons (Fsp3) is 0.316. The molecule has 0 spiro atoms. The largest absolute Gasteiger partial charge is 0.368 e. The zero-order chi connectivity index (χ0) is 17.8. The fourth-order valence-corrected chi connectivity index (χ4v) is 3.91. The maximum atomic E-state index is 12.1. The number of thiophene rings is 1. The third-order valence-electron chi connectivity index (χ3n) is 4.38. The highest BCUT2D eigenvalue weighted by Crippen LogP contribution is 2.33. The smallest absolute Gasteiger partial charge is 0.249 e. The number of amides is 1. The zero-order valence-electron chi connectivity index (χ0n) is 14.3. The van der Waals surface area contributed by atoms with Gasteiger partial charge in [-0.2, -0.15) is 5.10 Å². The molecule has 1 atom stereocenters. The second kappa shape index (κ2) is 7.80. The highest BCUT2D eigenvalue weighted by molar-refractivity contribution is 7.13. The van der Waals surface area contributed by atoms with Crippen molar-refractivity contribution in [3.8, 4) is 21.8 Å². The molecule has 26 heavy (non-hydrogen) atoms. The number of ether oxygens (including phenoxy) is 1. The van der Waals surface area contributed by atoms with Gasteiger partial charge in [-0.05, 0) is 36.4 Å². The van der Waals surface area contributed by atoms with Crippen molar-refractivity contribution >= 4 is 17.2 Å². The van der Waals surface area contributed by atoms with E-state index in [1.807, 2.05) is 40.5 Å². The van der Waals surface area contributed by atoms with Gasteiger partial charge in [0.25, 0.3) is 0 Å². The predicted molar refractivity (Wildman–Crippen MR) is 101 cm³/mol. The Hall–Kier alpha value is -2.51. The Morgan fingerprint density at radius 2 is 2.31 bits per heavy atom. The van der Waals surface area contributed by atoms with Crippen molar-refractivity contribution in [2.45, 2.75) is 25.5 Å². The van der Waals surface area contributed by atoms with Gasteiger partial charge in [0.05, 0.1) is 29.0 Å². The van der Waals surface area contributed by atoms with Crippen LogP contribution in [-0.2, 0) is 16.1 Å². The molecule has 0 radical (unpaired) electrons. The van der Waals surface area contributed by atoms with Gasteiger partial charge in [-0.15, -0.1) is 11.3 Å². The van der Waals surface area contributed by atoms with Gasteiger partial charge >= 0.3 is 0 Å². The summed E-state index contributed by atoms with van der Waals surface area (Å²) in [6.45, 7) is 1.78. The maximum absolute atomic E-state index is 12.1. The molecule has 4 rings (SSSR count). The number of hydrogen-bond donors (Lipinski definition) is 1. The number of nitrogens with zero attached hydrogens (tertiary/aromatic N) is 3. The first kappa shape index (κ1) is 16.9. The Labute approximate surface area is 155 Å². The Balaban J connectivity index is 1.52. The van der Waals surface area contributed by atoms with E-state index in [1.165, 1.54) is 0 Å². The Morgan fingerprint density at radius 1 is 1.35 bits per heavy atom. The van der Waals surface area contributed by atoms with Crippen molar-refractivity contribution in [3.05, 3.63) is 48.1 Å². The molecule has 3 aromatic rings. The topological polar surface area (TPSA) is 69.0 Å². The standard InChI is InChI=1S/C19H20N4O2S/c24-19(16-6-3-11-25-16)21-9-10-23-18(17-7-4-12-26-17)14(13-22-23)15-5-1-2-8-20-15/h1-2,4-5,7-8,12-13,16H,3,6,9-11H2,(H,21,24). The molecule has 0 aliphatic carbocycles. The first-order chi connectivity index (χ1) is 12.8. The number of pyridine rings is 1. The van der Waals surface area contributed by atoms with Crippen LogP contribution in [0.2, 0.25) is 0 Å². The lowest BCUT2D eigenvalue weighted by atomic mass is 10.1. The van der Waals surface area contributed by atoms with Gasteiger partial charge < -0.3 is 10.1 Å². The second-order valence-electron chi connectivity index (χ2n) is 6.11. The monoisotopic (exact) mass is 368 g/mol. The first-order valence-electron chi connectivity index (χ1n) is 8.73. The summed E-state index contributed by atoms with van der Waals surface area (Å²) < 4.78 is 7.36. The van der Waals surface area contributed by atoms with Crippen LogP contribution >= 0.6 is 11.3 Å². The van der Waals surface area contributed by atoms with Crippen LogP contribution in [0.15, 0.2) is 48.1 Å². The summed E-state index contributed by atoms with van der Waals surface area (Å²) >= 11 is 1.67. The van der Waals surface area contributed by atoms with E-state index in [-0.39, 0.29) is 12.0 Å². The summed E-state index contributed by atoms with van der Waals surface area (Å²) in [6, 6.07) is 9.96. The number of hydrogen-bond acceptors (Lipinski definition) is 5. The summed E-state index contributed by atoms with van der Waals surface area (Å²) in [5.74, 6) is -0.0303. The van der Waals surface area contributed by atoms with Gasteiger partial charge in [0, 0.05) is 24.9 Å². The minimum absolute atomic E-state index is 0.0303. The van der Waals surface area contributed by atoms with Crippen LogP contribution in [0.3, 0.4) is 0 Å². The molecule has 0 saturated carbocycles. The van der Waals surface area contributed by atoms with Crippen molar-refractivity contribution in [1.29, 1.82) is 0 Å². The van der Waals surface area contributed by atoms with Crippen LogP contribution in [0.5, 0.6) is 0 Å². The van der Waals surface area contributed by atoms with Gasteiger partial charge in [-0.25, -0.2) is 0 Å². The molecule has 134 valence electrons. The van der Waals surface area contributed by atoms with E-state index in [2.05, 4.69) is 21.5 Å². The molecule has 1 aliphatic heterocycles. The summed E-state index contributed by atoms with van der Waals surface area (Å²) in [6.07, 6.45) is 5.09. The van der Waals surface area contributed by atoms with Gasteiger partial charge in [0.15, 0.2) is 0 Å². The number of aromatic nitrogens is 3. The molecule has 1 N–H and O–H groups in total. The van der Waals surface area contributed by atoms with E-state index in [4.69, 9.17) is 4.74 Å². The van der Waals surface area contributed by atoms with Crippen molar-refractivity contribution < 1.29 is 9.53 Å². The Kier molecular flexibility index (Phi) is 5.08. The van der Waals surface area contributed by atoms with Crippen LogP contribution in [-0.4, -0.2) is 39.9 Å². The summed E-state index contributed by atoms with van der Waals surface area (Å²) in [7, 11) is 0. The molecule has 3 aromatic heterocycles. The van der Waals surface area contributed by atoms with Crippen LogP contribution in [0.1, 0.15) is 12.8 Å². The number of nitrogens with one attached hydrogen (secondary N) is 1. The van der Waals surface area contributed by atoms with Gasteiger partial charge in [0.1, 0.15) is 6.10 Å². The average Bonchev–Trinajstić information content (AvgIpc) is 3.42. The molecule has 1 aliphatic rings. The van der Waals surface area contributed by atoms with Gasteiger partial charge in [-0.3, -0.25) is 14.5 Å². The third-order valence-corrected chi connectivity index (χ3v) is 5.26. The number of carbonyl (C=O) groups excluding carboxylic acids is 1. The lowest BCUT2D eigenvalue weighted by molar-refractivity contribution is -0.130. The SMILES string of the molecule is O=C(NCCn1ncc(-c2ccccn2)c1-c1cccs1)C1CCCO1. The lowest BCUT2D eigenvalue weighted by Crippen LogP contribution is -2.36. The maximum Gasteiger partial charge on any atom is 0.249 e. The van der Waals surface area contributed by atoms with E-state index in [0.717, 1.165) is 34.7 Å². The Bertz CT molecular complexity index is 855. The molecule has 0 aromatic carbocycles. The van der Waals surface area contributed by atoms with Crippen LogP contribution in [0.25, 0.3) is 21.8 Å². The Morgan fingerprint density at radius 3 is 3.04 bits per heavy atom. The third kappa shape index (κ3) is 3.54. The highest BCUT2D eigenvalue weighted by Gasteiger charge is 2.23. The summed E-state index contributed by atoms with van der Waals surface area (Å²) in [4.78, 5) is 17.7. The van der Waals surface area contributed by atoms with Crippen molar-refractivity contribution in [2.24, 2.45) is 0 Å². The molecule has 1 fully saturated rings. The van der Waals surface area contributed by atoms with Crippen molar-refractivity contribution in [3.63, 3.8) is 0 Å². The molecule has 6 nitrogen and oxygen atoms in total. The first-order valence-corrected chi connectivity index (χ1v) is 9.61. The summed E-state index contributed by atoms with van der Waals surface area (Å²) in [5.41, 5.74) is 2.93. The van der Waals surface area contributed by atoms with Crippen LogP contribution in [0, 0.1) is 0 Å². The van der Waals surface area contributed by atoms with E-state index in [9.17, 15) is 4.79 Å². The molecule has 1 saturated heterocycles. The zero-order valence-corrected chi connectivity index (χ0v) is 15.1. The highest BCUT2D eigenvalue weighted by atomic mass is 32.1. The number of carbonyl (C=O) groups is 1. The average molecular weight is 368 g/mol. The second-order valence-corrected chi connectivity index (χ2v) is 7.06. The molecule has 0 bridgehead atoms. The van der Waals surface area contributed by atoms with E-state index in [1.54, 1.807) is 17.5 Å². The van der Waals surface area contributed by atoms with E-state index >= 15 is 0 Å². The predicted octanol–water partition coefficient (Wildman–Crippen LogP) is 2.97.